The zero-order valence-corrected chi connectivity index (χ0v) is 12.2. The van der Waals surface area contributed by atoms with Gasteiger partial charge in [0, 0.05) is 0 Å². The van der Waals surface area contributed by atoms with Crippen LogP contribution in [0.3, 0.4) is 0 Å². The molecule has 1 aliphatic carbocycles. The average molecular weight is 271 g/mol. The molecule has 0 saturated heterocycles. The van der Waals surface area contributed by atoms with Gasteiger partial charge in [0.1, 0.15) is 0 Å². The predicted octanol–water partition coefficient (Wildman–Crippen LogP) is 5.00. The van der Waals surface area contributed by atoms with E-state index in [-0.39, 0.29) is 5.38 Å². The van der Waals surface area contributed by atoms with Crippen molar-refractivity contribution in [1.29, 1.82) is 0 Å². The molecule has 0 N–H and O–H groups in total. The highest BCUT2D eigenvalue weighted by Crippen LogP contribution is 2.42. The first-order chi connectivity index (χ1) is 9.15. The van der Waals surface area contributed by atoms with E-state index in [0.717, 1.165) is 12.8 Å². The molecule has 0 heterocycles. The maximum atomic E-state index is 6.63. The second kappa shape index (κ2) is 5.02. The van der Waals surface area contributed by atoms with E-state index in [2.05, 4.69) is 56.3 Å². The lowest BCUT2D eigenvalue weighted by Gasteiger charge is -2.15. The summed E-state index contributed by atoms with van der Waals surface area (Å²) in [6.07, 6.45) is 2.18. The van der Waals surface area contributed by atoms with Gasteiger partial charge in [0.15, 0.2) is 0 Å². The van der Waals surface area contributed by atoms with E-state index in [1.165, 1.54) is 27.8 Å². The van der Waals surface area contributed by atoms with E-state index >= 15 is 0 Å². The second-order valence-electron chi connectivity index (χ2n) is 5.69. The molecule has 0 saturated carbocycles. The summed E-state index contributed by atoms with van der Waals surface area (Å²) in [7, 11) is 0. The minimum absolute atomic E-state index is 0.165. The van der Waals surface area contributed by atoms with Crippen LogP contribution in [0.15, 0.2) is 42.5 Å². The normalized spacial score (nSPS) is 21.4. The molecule has 2 atom stereocenters. The topological polar surface area (TPSA) is 0 Å². The quantitative estimate of drug-likeness (QED) is 0.674. The van der Waals surface area contributed by atoms with Crippen LogP contribution in [0.25, 0.3) is 0 Å². The number of rotatable bonds is 2. The number of benzene rings is 2. The van der Waals surface area contributed by atoms with E-state index in [1.807, 2.05) is 0 Å². The number of alkyl halides is 1. The maximum absolute atomic E-state index is 6.63. The molecule has 19 heavy (non-hydrogen) atoms. The first-order valence-corrected chi connectivity index (χ1v) is 7.37. The van der Waals surface area contributed by atoms with Crippen LogP contribution in [0.2, 0.25) is 0 Å². The SMILES string of the molecule is Cc1ccc(CC2Cc3ccccc3C2Cl)cc1C. The smallest absolute Gasteiger partial charge is 0.0622 e. The Balaban J connectivity index is 1.80. The first kappa shape index (κ1) is 12.7. The standard InChI is InChI=1S/C18H19Cl/c1-12-7-8-14(9-13(12)2)10-16-11-15-5-3-4-6-17(15)18(16)19/h3-9,16,18H,10-11H2,1-2H3. The summed E-state index contributed by atoms with van der Waals surface area (Å²) in [4.78, 5) is 0. The summed E-state index contributed by atoms with van der Waals surface area (Å²) in [5.41, 5.74) is 6.90. The summed E-state index contributed by atoms with van der Waals surface area (Å²) >= 11 is 6.63. The van der Waals surface area contributed by atoms with Crippen molar-refractivity contribution in [2.24, 2.45) is 5.92 Å². The minimum atomic E-state index is 0.165. The molecule has 0 aromatic heterocycles. The summed E-state index contributed by atoms with van der Waals surface area (Å²) in [6, 6.07) is 15.4. The van der Waals surface area contributed by atoms with Gasteiger partial charge < -0.3 is 0 Å². The van der Waals surface area contributed by atoms with E-state index in [0.29, 0.717) is 5.92 Å². The fourth-order valence-electron chi connectivity index (χ4n) is 3.04. The van der Waals surface area contributed by atoms with Crippen LogP contribution in [0.4, 0.5) is 0 Å². The van der Waals surface area contributed by atoms with E-state index in [4.69, 9.17) is 11.6 Å². The monoisotopic (exact) mass is 270 g/mol. The molecule has 0 spiro atoms. The Labute approximate surface area is 120 Å². The molecule has 98 valence electrons. The van der Waals surface area contributed by atoms with Crippen LogP contribution in [-0.4, -0.2) is 0 Å². The average Bonchev–Trinajstić information content (AvgIpc) is 2.72. The molecule has 2 aromatic rings. The number of hydrogen-bond acceptors (Lipinski definition) is 0. The fourth-order valence-corrected chi connectivity index (χ4v) is 3.43. The van der Waals surface area contributed by atoms with Crippen LogP contribution in [0.1, 0.15) is 33.2 Å². The number of hydrogen-bond donors (Lipinski definition) is 0. The van der Waals surface area contributed by atoms with Gasteiger partial charge in [-0.3, -0.25) is 0 Å². The lowest BCUT2D eigenvalue weighted by molar-refractivity contribution is 0.543. The number of fused-ring (bicyclic) bond motifs is 1. The zero-order valence-electron chi connectivity index (χ0n) is 11.5. The minimum Gasteiger partial charge on any atom is -0.117 e. The fraction of sp³-hybridized carbons (Fsp3) is 0.333. The van der Waals surface area contributed by atoms with Gasteiger partial charge >= 0.3 is 0 Å². The highest BCUT2D eigenvalue weighted by atomic mass is 35.5. The third-order valence-electron chi connectivity index (χ3n) is 4.32. The van der Waals surface area contributed by atoms with Crippen LogP contribution in [-0.2, 0) is 12.8 Å². The van der Waals surface area contributed by atoms with Gasteiger partial charge in [0.25, 0.3) is 0 Å². The van der Waals surface area contributed by atoms with Gasteiger partial charge in [-0.1, -0.05) is 42.5 Å². The third kappa shape index (κ3) is 2.42. The van der Waals surface area contributed by atoms with Gasteiger partial charge in [-0.05, 0) is 60.4 Å². The molecule has 0 radical (unpaired) electrons. The Kier molecular flexibility index (Phi) is 3.36. The highest BCUT2D eigenvalue weighted by molar-refractivity contribution is 6.21. The van der Waals surface area contributed by atoms with Crippen molar-refractivity contribution in [3.8, 4) is 0 Å². The molecule has 0 amide bonds. The van der Waals surface area contributed by atoms with Gasteiger partial charge in [0.2, 0.25) is 0 Å². The van der Waals surface area contributed by atoms with Gasteiger partial charge in [0.05, 0.1) is 5.38 Å². The van der Waals surface area contributed by atoms with Crippen molar-refractivity contribution >= 4 is 11.6 Å². The molecule has 3 rings (SSSR count). The van der Waals surface area contributed by atoms with Crippen molar-refractivity contribution in [3.63, 3.8) is 0 Å². The van der Waals surface area contributed by atoms with Crippen molar-refractivity contribution in [3.05, 3.63) is 70.3 Å². The molecule has 2 unspecified atom stereocenters. The van der Waals surface area contributed by atoms with E-state index in [9.17, 15) is 0 Å². The largest absolute Gasteiger partial charge is 0.117 e. The lowest BCUT2D eigenvalue weighted by Crippen LogP contribution is -2.07. The highest BCUT2D eigenvalue weighted by Gasteiger charge is 2.30. The Morgan fingerprint density at radius 3 is 2.58 bits per heavy atom. The summed E-state index contributed by atoms with van der Waals surface area (Å²) in [5.74, 6) is 0.529. The molecule has 0 nitrogen and oxygen atoms in total. The van der Waals surface area contributed by atoms with E-state index in [1.54, 1.807) is 0 Å². The third-order valence-corrected chi connectivity index (χ3v) is 4.91. The zero-order chi connectivity index (χ0) is 13.4. The Morgan fingerprint density at radius 2 is 1.84 bits per heavy atom. The molecule has 0 aliphatic heterocycles. The van der Waals surface area contributed by atoms with Crippen molar-refractivity contribution in [2.45, 2.75) is 32.1 Å². The summed E-state index contributed by atoms with van der Waals surface area (Å²) in [6.45, 7) is 4.34. The summed E-state index contributed by atoms with van der Waals surface area (Å²) < 4.78 is 0. The lowest BCUT2D eigenvalue weighted by atomic mass is 9.94. The Bertz CT molecular complexity index is 600. The van der Waals surface area contributed by atoms with Crippen molar-refractivity contribution < 1.29 is 0 Å². The van der Waals surface area contributed by atoms with E-state index < -0.39 is 0 Å². The Hall–Kier alpha value is -1.27. The molecular weight excluding hydrogens is 252 g/mol. The number of halogens is 1. The molecule has 1 heteroatoms. The summed E-state index contributed by atoms with van der Waals surface area (Å²) in [5, 5.41) is 0.165. The number of aryl methyl sites for hydroxylation is 2. The van der Waals surface area contributed by atoms with Crippen molar-refractivity contribution in [2.75, 3.05) is 0 Å². The second-order valence-corrected chi connectivity index (χ2v) is 6.16. The molecule has 0 fully saturated rings. The maximum Gasteiger partial charge on any atom is 0.0622 e. The first-order valence-electron chi connectivity index (χ1n) is 6.93. The Morgan fingerprint density at radius 1 is 1.05 bits per heavy atom. The predicted molar refractivity (Wildman–Crippen MR) is 81.9 cm³/mol. The molecule has 0 bridgehead atoms. The van der Waals surface area contributed by atoms with Crippen molar-refractivity contribution in [1.82, 2.24) is 0 Å². The molecule has 2 aromatic carbocycles. The van der Waals surface area contributed by atoms with Gasteiger partial charge in [-0.25, -0.2) is 0 Å². The van der Waals surface area contributed by atoms with Crippen LogP contribution < -0.4 is 0 Å². The van der Waals surface area contributed by atoms with Gasteiger partial charge in [-0.15, -0.1) is 11.6 Å². The van der Waals surface area contributed by atoms with Crippen LogP contribution in [0, 0.1) is 19.8 Å². The molecular formula is C18H19Cl. The van der Waals surface area contributed by atoms with Crippen LogP contribution in [0.5, 0.6) is 0 Å². The molecule has 1 aliphatic rings. The van der Waals surface area contributed by atoms with Gasteiger partial charge in [-0.2, -0.15) is 0 Å². The van der Waals surface area contributed by atoms with Crippen LogP contribution >= 0.6 is 11.6 Å².